The van der Waals surface area contributed by atoms with Gasteiger partial charge in [-0.05, 0) is 43.1 Å². The van der Waals surface area contributed by atoms with Gasteiger partial charge in [-0.1, -0.05) is 24.3 Å². The van der Waals surface area contributed by atoms with Gasteiger partial charge in [0, 0.05) is 0 Å². The quantitative estimate of drug-likeness (QED) is 0.768. The third-order valence-electron chi connectivity index (χ3n) is 3.00. The van der Waals surface area contributed by atoms with Gasteiger partial charge in [0.05, 0.1) is 6.54 Å². The van der Waals surface area contributed by atoms with Crippen molar-refractivity contribution in [1.29, 1.82) is 0 Å². The van der Waals surface area contributed by atoms with Gasteiger partial charge in [0.15, 0.2) is 0 Å². The van der Waals surface area contributed by atoms with E-state index in [2.05, 4.69) is 36.5 Å². The standard InChI is InChI=1S/C15H19NO2/c1-12-4-2-3-5-13(12)8-9-16-10-14-6-7-15(11-17)18-14/h2-7,16-17H,8-11H2,1H3. The summed E-state index contributed by atoms with van der Waals surface area (Å²) in [6.45, 7) is 3.71. The number of rotatable bonds is 6. The second-order valence-electron chi connectivity index (χ2n) is 4.38. The van der Waals surface area contributed by atoms with Crippen molar-refractivity contribution in [2.24, 2.45) is 0 Å². The first-order chi connectivity index (χ1) is 8.79. The SMILES string of the molecule is Cc1ccccc1CCNCc1ccc(CO)o1. The number of nitrogens with one attached hydrogen (secondary N) is 1. The van der Waals surface area contributed by atoms with E-state index in [4.69, 9.17) is 9.52 Å². The van der Waals surface area contributed by atoms with Crippen LogP contribution in [0.2, 0.25) is 0 Å². The zero-order valence-corrected chi connectivity index (χ0v) is 10.6. The molecule has 3 heteroatoms. The molecule has 18 heavy (non-hydrogen) atoms. The minimum atomic E-state index is -0.0385. The van der Waals surface area contributed by atoms with E-state index in [0.29, 0.717) is 12.3 Å². The van der Waals surface area contributed by atoms with E-state index < -0.39 is 0 Å². The van der Waals surface area contributed by atoms with Crippen LogP contribution in [0.25, 0.3) is 0 Å². The van der Waals surface area contributed by atoms with E-state index in [-0.39, 0.29) is 6.61 Å². The van der Waals surface area contributed by atoms with E-state index in [9.17, 15) is 0 Å². The van der Waals surface area contributed by atoms with Crippen LogP contribution in [0.3, 0.4) is 0 Å². The third kappa shape index (κ3) is 3.45. The fourth-order valence-electron chi connectivity index (χ4n) is 1.93. The lowest BCUT2D eigenvalue weighted by molar-refractivity contribution is 0.243. The van der Waals surface area contributed by atoms with Crippen molar-refractivity contribution in [3.8, 4) is 0 Å². The van der Waals surface area contributed by atoms with Crippen molar-refractivity contribution in [2.45, 2.75) is 26.5 Å². The van der Waals surface area contributed by atoms with Gasteiger partial charge in [0.25, 0.3) is 0 Å². The first-order valence-electron chi connectivity index (χ1n) is 6.23. The first-order valence-corrected chi connectivity index (χ1v) is 6.23. The van der Waals surface area contributed by atoms with Crippen molar-refractivity contribution in [3.05, 3.63) is 59.0 Å². The molecule has 2 rings (SSSR count). The second-order valence-corrected chi connectivity index (χ2v) is 4.38. The number of hydrogen-bond acceptors (Lipinski definition) is 3. The van der Waals surface area contributed by atoms with Crippen LogP contribution in [0, 0.1) is 6.92 Å². The fourth-order valence-corrected chi connectivity index (χ4v) is 1.93. The number of aliphatic hydroxyl groups is 1. The van der Waals surface area contributed by atoms with Crippen LogP contribution in [0.4, 0.5) is 0 Å². The molecule has 0 aliphatic heterocycles. The predicted octanol–water partition coefficient (Wildman–Crippen LogP) is 2.41. The van der Waals surface area contributed by atoms with E-state index in [1.54, 1.807) is 6.07 Å². The smallest absolute Gasteiger partial charge is 0.129 e. The Labute approximate surface area is 107 Å². The van der Waals surface area contributed by atoms with Gasteiger partial charge in [0.1, 0.15) is 18.1 Å². The predicted molar refractivity (Wildman–Crippen MR) is 71.2 cm³/mol. The summed E-state index contributed by atoms with van der Waals surface area (Å²) in [4.78, 5) is 0. The topological polar surface area (TPSA) is 45.4 Å². The molecule has 1 aromatic heterocycles. The summed E-state index contributed by atoms with van der Waals surface area (Å²) in [6.07, 6.45) is 1.01. The molecule has 0 bridgehead atoms. The molecule has 0 unspecified atom stereocenters. The zero-order chi connectivity index (χ0) is 12.8. The number of benzene rings is 1. The lowest BCUT2D eigenvalue weighted by Crippen LogP contribution is -2.16. The maximum absolute atomic E-state index is 8.89. The number of aliphatic hydroxyl groups excluding tert-OH is 1. The molecule has 0 atom stereocenters. The Hall–Kier alpha value is -1.58. The van der Waals surface area contributed by atoms with Crippen molar-refractivity contribution in [2.75, 3.05) is 6.54 Å². The van der Waals surface area contributed by atoms with E-state index >= 15 is 0 Å². The molecule has 0 fully saturated rings. The molecule has 3 nitrogen and oxygen atoms in total. The Balaban J connectivity index is 1.74. The van der Waals surface area contributed by atoms with Gasteiger partial charge in [-0.15, -0.1) is 0 Å². The summed E-state index contributed by atoms with van der Waals surface area (Å²) in [6, 6.07) is 12.1. The summed E-state index contributed by atoms with van der Waals surface area (Å²) < 4.78 is 5.40. The van der Waals surface area contributed by atoms with Crippen LogP contribution < -0.4 is 5.32 Å². The van der Waals surface area contributed by atoms with Crippen molar-refractivity contribution in [1.82, 2.24) is 5.32 Å². The van der Waals surface area contributed by atoms with Crippen LogP contribution in [-0.2, 0) is 19.6 Å². The summed E-state index contributed by atoms with van der Waals surface area (Å²) in [5.41, 5.74) is 2.71. The number of furan rings is 1. The van der Waals surface area contributed by atoms with Crippen molar-refractivity contribution in [3.63, 3.8) is 0 Å². The van der Waals surface area contributed by atoms with Gasteiger partial charge in [0.2, 0.25) is 0 Å². The van der Waals surface area contributed by atoms with Crippen LogP contribution in [-0.4, -0.2) is 11.7 Å². The maximum Gasteiger partial charge on any atom is 0.129 e. The molecule has 0 radical (unpaired) electrons. The highest BCUT2D eigenvalue weighted by Crippen LogP contribution is 2.08. The van der Waals surface area contributed by atoms with E-state index in [0.717, 1.165) is 18.7 Å². The lowest BCUT2D eigenvalue weighted by atomic mass is 10.1. The molecule has 1 heterocycles. The average Bonchev–Trinajstić information content (AvgIpc) is 2.84. The van der Waals surface area contributed by atoms with Crippen LogP contribution in [0.1, 0.15) is 22.6 Å². The summed E-state index contributed by atoms with van der Waals surface area (Å²) in [5, 5.41) is 12.2. The Kier molecular flexibility index (Phi) is 4.56. The number of aryl methyl sites for hydroxylation is 1. The molecule has 0 aliphatic carbocycles. The molecule has 0 saturated carbocycles. The van der Waals surface area contributed by atoms with Crippen molar-refractivity contribution < 1.29 is 9.52 Å². The summed E-state index contributed by atoms with van der Waals surface area (Å²) in [7, 11) is 0. The van der Waals surface area contributed by atoms with Gasteiger partial charge in [-0.2, -0.15) is 0 Å². The molecule has 0 spiro atoms. The lowest BCUT2D eigenvalue weighted by Gasteiger charge is -2.06. The molecular weight excluding hydrogens is 226 g/mol. The third-order valence-corrected chi connectivity index (χ3v) is 3.00. The largest absolute Gasteiger partial charge is 0.462 e. The fraction of sp³-hybridized carbons (Fsp3) is 0.333. The van der Waals surface area contributed by atoms with Crippen LogP contribution >= 0.6 is 0 Å². The molecule has 0 amide bonds. The first kappa shape index (κ1) is 12.9. The molecular formula is C15H19NO2. The normalized spacial score (nSPS) is 10.8. The van der Waals surface area contributed by atoms with Crippen molar-refractivity contribution >= 4 is 0 Å². The molecule has 2 N–H and O–H groups in total. The van der Waals surface area contributed by atoms with Crippen LogP contribution in [0.15, 0.2) is 40.8 Å². The Morgan fingerprint density at radius 2 is 1.89 bits per heavy atom. The highest BCUT2D eigenvalue weighted by atomic mass is 16.4. The Bertz CT molecular complexity index is 491. The molecule has 0 saturated heterocycles. The van der Waals surface area contributed by atoms with E-state index in [1.165, 1.54) is 11.1 Å². The maximum atomic E-state index is 8.89. The Morgan fingerprint density at radius 3 is 2.61 bits per heavy atom. The van der Waals surface area contributed by atoms with Crippen LogP contribution in [0.5, 0.6) is 0 Å². The monoisotopic (exact) mass is 245 g/mol. The Morgan fingerprint density at radius 1 is 1.11 bits per heavy atom. The molecule has 2 aromatic rings. The van der Waals surface area contributed by atoms with Gasteiger partial charge >= 0.3 is 0 Å². The van der Waals surface area contributed by atoms with Gasteiger partial charge in [-0.25, -0.2) is 0 Å². The zero-order valence-electron chi connectivity index (χ0n) is 10.6. The second kappa shape index (κ2) is 6.38. The minimum absolute atomic E-state index is 0.0385. The summed E-state index contributed by atoms with van der Waals surface area (Å²) >= 11 is 0. The van der Waals surface area contributed by atoms with Gasteiger partial charge < -0.3 is 14.8 Å². The highest BCUT2D eigenvalue weighted by Gasteiger charge is 2.01. The molecule has 1 aromatic carbocycles. The highest BCUT2D eigenvalue weighted by molar-refractivity contribution is 5.25. The molecule has 96 valence electrons. The average molecular weight is 245 g/mol. The van der Waals surface area contributed by atoms with Gasteiger partial charge in [-0.3, -0.25) is 0 Å². The molecule has 0 aliphatic rings. The number of hydrogen-bond donors (Lipinski definition) is 2. The van der Waals surface area contributed by atoms with E-state index in [1.807, 2.05) is 6.07 Å². The summed E-state index contributed by atoms with van der Waals surface area (Å²) in [5.74, 6) is 1.48. The minimum Gasteiger partial charge on any atom is -0.462 e.